The van der Waals surface area contributed by atoms with E-state index >= 15 is 0 Å². The van der Waals surface area contributed by atoms with Gasteiger partial charge in [-0.15, -0.1) is 10.2 Å². The van der Waals surface area contributed by atoms with Crippen LogP contribution in [0.2, 0.25) is 0 Å². The quantitative estimate of drug-likeness (QED) is 0.677. The van der Waals surface area contributed by atoms with E-state index in [0.717, 1.165) is 34.1 Å². The van der Waals surface area contributed by atoms with Crippen LogP contribution in [-0.4, -0.2) is 42.4 Å². The van der Waals surface area contributed by atoms with Crippen LogP contribution in [0.25, 0.3) is 11.5 Å². The first-order chi connectivity index (χ1) is 13.3. The third kappa shape index (κ3) is 4.24. The largest absolute Gasteiger partial charge is 0.423 e. The summed E-state index contributed by atoms with van der Waals surface area (Å²) in [7, 11) is -2.65. The third-order valence-electron chi connectivity index (χ3n) is 4.01. The van der Waals surface area contributed by atoms with Crippen molar-refractivity contribution in [1.29, 1.82) is 0 Å². The second kappa shape index (κ2) is 7.87. The normalized spacial score (nSPS) is 11.6. The summed E-state index contributed by atoms with van der Waals surface area (Å²) in [5, 5.41) is 10.1. The zero-order valence-corrected chi connectivity index (χ0v) is 15.9. The summed E-state index contributed by atoms with van der Waals surface area (Å²) in [6.45, 7) is 1.39. The van der Waals surface area contributed by atoms with Gasteiger partial charge in [0.1, 0.15) is 5.82 Å². The summed E-state index contributed by atoms with van der Waals surface area (Å²) in [5.41, 5.74) is 1.89. The van der Waals surface area contributed by atoms with Crippen molar-refractivity contribution >= 4 is 21.6 Å². The molecule has 0 aliphatic rings. The Bertz CT molecular complexity index is 1080. The summed E-state index contributed by atoms with van der Waals surface area (Å²) >= 11 is 0. The fourth-order valence-electron chi connectivity index (χ4n) is 2.45. The molecular weight excluding hydrogens is 387 g/mol. The molecule has 0 saturated heterocycles. The van der Waals surface area contributed by atoms with E-state index in [1.807, 2.05) is 0 Å². The molecule has 0 bridgehead atoms. The van der Waals surface area contributed by atoms with E-state index in [1.54, 1.807) is 25.1 Å². The molecule has 3 rings (SSSR count). The lowest BCUT2D eigenvalue weighted by molar-refractivity contribution is -0.116. The minimum absolute atomic E-state index is 0.0984. The van der Waals surface area contributed by atoms with E-state index in [1.165, 1.54) is 13.4 Å². The smallest absolute Gasteiger partial charge is 0.247 e. The molecule has 0 unspecified atom stereocenters. The van der Waals surface area contributed by atoms with Crippen LogP contribution in [0.5, 0.6) is 0 Å². The Labute approximate surface area is 161 Å². The lowest BCUT2D eigenvalue weighted by Gasteiger charge is -2.17. The molecule has 0 aliphatic heterocycles. The molecule has 0 aliphatic carbocycles. The highest BCUT2D eigenvalue weighted by Crippen LogP contribution is 2.24. The van der Waals surface area contributed by atoms with Gasteiger partial charge in [0.2, 0.25) is 28.2 Å². The van der Waals surface area contributed by atoms with Crippen molar-refractivity contribution in [2.24, 2.45) is 0 Å². The van der Waals surface area contributed by atoms with Gasteiger partial charge in [0.15, 0.2) is 0 Å². The summed E-state index contributed by atoms with van der Waals surface area (Å²) in [4.78, 5) is 12.3. The molecule has 1 aromatic heterocycles. The van der Waals surface area contributed by atoms with Gasteiger partial charge in [0.05, 0.1) is 11.4 Å². The fraction of sp³-hybridized carbons (Fsp3) is 0.167. The van der Waals surface area contributed by atoms with Gasteiger partial charge < -0.3 is 9.73 Å². The molecule has 0 radical (unpaired) electrons. The number of hydrogen-bond acceptors (Lipinski definition) is 6. The molecule has 0 atom stereocenters. The molecule has 0 saturated carbocycles. The monoisotopic (exact) mass is 404 g/mol. The van der Waals surface area contributed by atoms with Crippen molar-refractivity contribution in [3.05, 3.63) is 60.2 Å². The first kappa shape index (κ1) is 19.6. The molecule has 10 heteroatoms. The topological polar surface area (TPSA) is 105 Å². The number of aromatic nitrogens is 2. The summed E-state index contributed by atoms with van der Waals surface area (Å²) in [6, 6.07) is 9.60. The highest BCUT2D eigenvalue weighted by atomic mass is 32.2. The van der Waals surface area contributed by atoms with Crippen LogP contribution in [0.15, 0.2) is 58.2 Å². The molecule has 3 aromatic rings. The Balaban J connectivity index is 1.73. The average molecular weight is 404 g/mol. The first-order valence-electron chi connectivity index (χ1n) is 8.16. The minimum atomic E-state index is -3.92. The Morgan fingerprint density at radius 2 is 1.93 bits per heavy atom. The van der Waals surface area contributed by atoms with E-state index in [-0.39, 0.29) is 4.90 Å². The number of nitrogens with one attached hydrogen (secondary N) is 1. The molecule has 146 valence electrons. The number of sulfonamides is 1. The standard InChI is InChI=1S/C18H17FN4O4S/c1-12-3-4-13(18-22-20-11-27-18)9-16(12)21-17(24)10-23(2)28(25,26)15-7-5-14(19)6-8-15/h3-9,11H,10H2,1-2H3,(H,21,24). The molecule has 8 nitrogen and oxygen atoms in total. The maximum atomic E-state index is 13.0. The van der Waals surface area contributed by atoms with E-state index in [2.05, 4.69) is 15.5 Å². The molecular formula is C18H17FN4O4S. The molecule has 1 amide bonds. The Morgan fingerprint density at radius 1 is 1.21 bits per heavy atom. The van der Waals surface area contributed by atoms with Crippen molar-refractivity contribution < 1.29 is 22.0 Å². The SMILES string of the molecule is Cc1ccc(-c2nnco2)cc1NC(=O)CN(C)S(=O)(=O)c1ccc(F)cc1. The number of likely N-dealkylation sites (N-methyl/N-ethyl adjacent to an activating group) is 1. The fourth-order valence-corrected chi connectivity index (χ4v) is 3.58. The van der Waals surface area contributed by atoms with Crippen molar-refractivity contribution in [2.45, 2.75) is 11.8 Å². The van der Waals surface area contributed by atoms with Crippen LogP contribution < -0.4 is 5.32 Å². The second-order valence-corrected chi connectivity index (χ2v) is 8.08. The second-order valence-electron chi connectivity index (χ2n) is 6.04. The van der Waals surface area contributed by atoms with Gasteiger partial charge in [-0.3, -0.25) is 4.79 Å². The number of rotatable bonds is 6. The lowest BCUT2D eigenvalue weighted by atomic mass is 10.1. The highest BCUT2D eigenvalue weighted by Gasteiger charge is 2.23. The maximum Gasteiger partial charge on any atom is 0.247 e. The summed E-state index contributed by atoms with van der Waals surface area (Å²) < 4.78 is 44.1. The van der Waals surface area contributed by atoms with Crippen LogP contribution in [0, 0.1) is 12.7 Å². The molecule has 28 heavy (non-hydrogen) atoms. The predicted molar refractivity (Wildman–Crippen MR) is 99.3 cm³/mol. The van der Waals surface area contributed by atoms with E-state index in [9.17, 15) is 17.6 Å². The number of benzene rings is 2. The molecule has 1 N–H and O–H groups in total. The van der Waals surface area contributed by atoms with Crippen molar-refractivity contribution in [3.63, 3.8) is 0 Å². The third-order valence-corrected chi connectivity index (χ3v) is 5.82. The first-order valence-corrected chi connectivity index (χ1v) is 9.60. The number of nitrogens with zero attached hydrogens (tertiary/aromatic N) is 3. The Kier molecular flexibility index (Phi) is 5.52. The van der Waals surface area contributed by atoms with Crippen LogP contribution in [0.3, 0.4) is 0 Å². The number of carbonyl (C=O) groups is 1. The average Bonchev–Trinajstić information content (AvgIpc) is 3.18. The lowest BCUT2D eigenvalue weighted by Crippen LogP contribution is -2.35. The van der Waals surface area contributed by atoms with Gasteiger partial charge in [-0.25, -0.2) is 12.8 Å². The predicted octanol–water partition coefficient (Wildman–Crippen LogP) is 2.44. The van der Waals surface area contributed by atoms with Crippen LogP contribution >= 0.6 is 0 Å². The molecule has 2 aromatic carbocycles. The summed E-state index contributed by atoms with van der Waals surface area (Å²) in [5.74, 6) is -0.776. The summed E-state index contributed by atoms with van der Waals surface area (Å²) in [6.07, 6.45) is 1.20. The number of anilines is 1. The number of aryl methyl sites for hydroxylation is 1. The van der Waals surface area contributed by atoms with Crippen LogP contribution in [0.4, 0.5) is 10.1 Å². The Hall–Kier alpha value is -3.11. The number of carbonyl (C=O) groups excluding carboxylic acids is 1. The van der Waals surface area contributed by atoms with Crippen molar-refractivity contribution in [3.8, 4) is 11.5 Å². The molecule has 1 heterocycles. The van der Waals surface area contributed by atoms with E-state index < -0.39 is 28.3 Å². The van der Waals surface area contributed by atoms with E-state index in [0.29, 0.717) is 17.1 Å². The highest BCUT2D eigenvalue weighted by molar-refractivity contribution is 7.89. The maximum absolute atomic E-state index is 13.0. The number of halogens is 1. The molecule has 0 spiro atoms. The minimum Gasteiger partial charge on any atom is -0.423 e. The number of amides is 1. The number of hydrogen-bond donors (Lipinski definition) is 1. The van der Waals surface area contributed by atoms with Crippen molar-refractivity contribution in [1.82, 2.24) is 14.5 Å². The zero-order chi connectivity index (χ0) is 20.3. The van der Waals surface area contributed by atoms with Crippen LogP contribution in [-0.2, 0) is 14.8 Å². The van der Waals surface area contributed by atoms with Gasteiger partial charge in [0.25, 0.3) is 0 Å². The van der Waals surface area contributed by atoms with Gasteiger partial charge >= 0.3 is 0 Å². The van der Waals surface area contributed by atoms with Crippen molar-refractivity contribution in [2.75, 3.05) is 18.9 Å². The Morgan fingerprint density at radius 3 is 2.57 bits per heavy atom. The zero-order valence-electron chi connectivity index (χ0n) is 15.1. The van der Waals surface area contributed by atoms with Gasteiger partial charge in [-0.1, -0.05) is 6.07 Å². The van der Waals surface area contributed by atoms with Gasteiger partial charge in [-0.2, -0.15) is 4.31 Å². The van der Waals surface area contributed by atoms with Crippen LogP contribution in [0.1, 0.15) is 5.56 Å². The van der Waals surface area contributed by atoms with Gasteiger partial charge in [0, 0.05) is 18.3 Å². The van der Waals surface area contributed by atoms with E-state index in [4.69, 9.17) is 4.42 Å². The van der Waals surface area contributed by atoms with Gasteiger partial charge in [-0.05, 0) is 48.9 Å². The molecule has 0 fully saturated rings.